The lowest BCUT2D eigenvalue weighted by atomic mass is 9.90. The number of halogens is 1. The number of carbonyl (C=O) groups excluding carboxylic acids is 2. The van der Waals surface area contributed by atoms with Gasteiger partial charge in [-0.2, -0.15) is 0 Å². The molecule has 1 heterocycles. The van der Waals surface area contributed by atoms with Crippen molar-refractivity contribution in [3.63, 3.8) is 0 Å². The SMILES string of the molecule is Cc1ccc(Cl)c(OCC(O)CN2C(=O)NC(C)(c3ccc4ccccc4c3)C2=O)c1. The van der Waals surface area contributed by atoms with Crippen molar-refractivity contribution in [2.45, 2.75) is 25.5 Å². The number of rotatable bonds is 6. The molecule has 2 unspecified atom stereocenters. The third-order valence-corrected chi connectivity index (χ3v) is 5.83. The third-order valence-electron chi connectivity index (χ3n) is 5.51. The number of fused-ring (bicyclic) bond motifs is 1. The Morgan fingerprint density at radius 1 is 1.10 bits per heavy atom. The van der Waals surface area contributed by atoms with E-state index in [1.807, 2.05) is 55.5 Å². The van der Waals surface area contributed by atoms with Gasteiger partial charge < -0.3 is 15.2 Å². The van der Waals surface area contributed by atoms with Gasteiger partial charge in [0.2, 0.25) is 0 Å². The molecule has 7 heteroatoms. The summed E-state index contributed by atoms with van der Waals surface area (Å²) in [4.78, 5) is 26.7. The summed E-state index contributed by atoms with van der Waals surface area (Å²) in [5, 5.41) is 15.6. The summed E-state index contributed by atoms with van der Waals surface area (Å²) in [5.74, 6) is 0.0272. The fourth-order valence-electron chi connectivity index (χ4n) is 3.73. The average molecular weight is 439 g/mol. The van der Waals surface area contributed by atoms with Gasteiger partial charge in [-0.1, -0.05) is 54.1 Å². The molecule has 1 aliphatic heterocycles. The molecule has 160 valence electrons. The molecular formula is C24H23ClN2O4. The molecule has 1 fully saturated rings. The second-order valence-corrected chi connectivity index (χ2v) is 8.34. The zero-order valence-corrected chi connectivity index (χ0v) is 18.0. The number of ether oxygens (including phenoxy) is 1. The first-order valence-electron chi connectivity index (χ1n) is 9.98. The van der Waals surface area contributed by atoms with Gasteiger partial charge in [-0.3, -0.25) is 9.69 Å². The summed E-state index contributed by atoms with van der Waals surface area (Å²) < 4.78 is 5.59. The van der Waals surface area contributed by atoms with E-state index < -0.39 is 23.6 Å². The highest BCUT2D eigenvalue weighted by atomic mass is 35.5. The summed E-state index contributed by atoms with van der Waals surface area (Å²) >= 11 is 6.11. The molecule has 1 saturated heterocycles. The van der Waals surface area contributed by atoms with Gasteiger partial charge in [0.15, 0.2) is 0 Å². The molecule has 0 aromatic heterocycles. The quantitative estimate of drug-likeness (QED) is 0.570. The van der Waals surface area contributed by atoms with E-state index in [1.54, 1.807) is 19.1 Å². The van der Waals surface area contributed by atoms with Gasteiger partial charge in [0.25, 0.3) is 5.91 Å². The standard InChI is InChI=1S/C24H23ClN2O4/c1-15-7-10-20(25)21(11-15)31-14-19(28)13-27-22(29)24(2,26-23(27)30)18-9-8-16-5-3-4-6-17(16)12-18/h3-12,19,28H,13-14H2,1-2H3,(H,26,30). The van der Waals surface area contributed by atoms with E-state index in [-0.39, 0.29) is 13.2 Å². The van der Waals surface area contributed by atoms with Gasteiger partial charge in [0.05, 0.1) is 11.6 Å². The molecule has 2 atom stereocenters. The maximum Gasteiger partial charge on any atom is 0.325 e. The lowest BCUT2D eigenvalue weighted by molar-refractivity contribution is -0.132. The van der Waals surface area contributed by atoms with Gasteiger partial charge in [0, 0.05) is 0 Å². The van der Waals surface area contributed by atoms with E-state index in [1.165, 1.54) is 0 Å². The number of β-amino-alcohol motifs (C(OH)–C–C–N with tert-alkyl or cyclic N) is 1. The topological polar surface area (TPSA) is 78.9 Å². The highest BCUT2D eigenvalue weighted by Crippen LogP contribution is 2.31. The molecule has 1 aliphatic rings. The summed E-state index contributed by atoms with van der Waals surface area (Å²) in [6, 6.07) is 18.3. The third kappa shape index (κ3) is 4.09. The Balaban J connectivity index is 1.47. The molecule has 0 bridgehead atoms. The number of aryl methyl sites for hydroxylation is 1. The molecule has 4 rings (SSSR count). The van der Waals surface area contributed by atoms with Crippen molar-refractivity contribution < 1.29 is 19.4 Å². The number of nitrogens with zero attached hydrogens (tertiary/aromatic N) is 1. The number of aliphatic hydroxyl groups is 1. The molecule has 3 aromatic rings. The molecule has 31 heavy (non-hydrogen) atoms. The van der Waals surface area contributed by atoms with Crippen LogP contribution in [-0.4, -0.2) is 41.2 Å². The van der Waals surface area contributed by atoms with Crippen LogP contribution in [-0.2, 0) is 10.3 Å². The largest absolute Gasteiger partial charge is 0.489 e. The number of nitrogens with one attached hydrogen (secondary N) is 1. The number of amides is 3. The lowest BCUT2D eigenvalue weighted by Crippen LogP contribution is -2.42. The Bertz CT molecular complexity index is 1170. The summed E-state index contributed by atoms with van der Waals surface area (Å²) in [7, 11) is 0. The van der Waals surface area contributed by atoms with Crippen LogP contribution in [0.4, 0.5) is 4.79 Å². The molecule has 3 aromatic carbocycles. The first kappa shape index (κ1) is 21.2. The van der Waals surface area contributed by atoms with Crippen molar-refractivity contribution in [3.8, 4) is 5.75 Å². The number of aliphatic hydroxyl groups excluding tert-OH is 1. The maximum atomic E-state index is 13.2. The molecular weight excluding hydrogens is 416 g/mol. The van der Waals surface area contributed by atoms with Crippen LogP contribution in [0.3, 0.4) is 0 Å². The number of carbonyl (C=O) groups is 2. The molecule has 0 radical (unpaired) electrons. The minimum atomic E-state index is -1.21. The predicted molar refractivity (Wildman–Crippen MR) is 119 cm³/mol. The summed E-state index contributed by atoms with van der Waals surface area (Å²) in [5.41, 5.74) is 0.445. The molecule has 3 amide bonds. The molecule has 0 spiro atoms. The van der Waals surface area contributed by atoms with Gasteiger partial charge >= 0.3 is 6.03 Å². The van der Waals surface area contributed by atoms with E-state index in [2.05, 4.69) is 5.32 Å². The van der Waals surface area contributed by atoms with Gasteiger partial charge in [-0.25, -0.2) is 4.79 Å². The average Bonchev–Trinajstić information content (AvgIpc) is 2.98. The molecule has 0 aliphatic carbocycles. The minimum absolute atomic E-state index is 0.104. The zero-order chi connectivity index (χ0) is 22.2. The van der Waals surface area contributed by atoms with Crippen molar-refractivity contribution >= 4 is 34.3 Å². The monoisotopic (exact) mass is 438 g/mol. The lowest BCUT2D eigenvalue weighted by Gasteiger charge is -2.23. The molecule has 2 N–H and O–H groups in total. The van der Waals surface area contributed by atoms with Gasteiger partial charge in [-0.15, -0.1) is 0 Å². The van der Waals surface area contributed by atoms with Crippen molar-refractivity contribution in [1.82, 2.24) is 10.2 Å². The second-order valence-electron chi connectivity index (χ2n) is 7.93. The number of imide groups is 1. The normalized spacial score (nSPS) is 19.5. The van der Waals surface area contributed by atoms with Gasteiger partial charge in [-0.05, 0) is 53.9 Å². The first-order chi connectivity index (χ1) is 14.8. The van der Waals surface area contributed by atoms with Crippen molar-refractivity contribution in [2.75, 3.05) is 13.2 Å². The number of benzene rings is 3. The van der Waals surface area contributed by atoms with E-state index in [4.69, 9.17) is 16.3 Å². The van der Waals surface area contributed by atoms with Crippen molar-refractivity contribution in [1.29, 1.82) is 0 Å². The predicted octanol–water partition coefficient (Wildman–Crippen LogP) is 4.01. The minimum Gasteiger partial charge on any atom is -0.489 e. The smallest absolute Gasteiger partial charge is 0.325 e. The second kappa shape index (κ2) is 8.21. The van der Waals surface area contributed by atoms with Crippen LogP contribution >= 0.6 is 11.6 Å². The van der Waals surface area contributed by atoms with Crippen LogP contribution in [0.5, 0.6) is 5.75 Å². The fourth-order valence-corrected chi connectivity index (χ4v) is 3.90. The molecule has 0 saturated carbocycles. The van der Waals surface area contributed by atoms with E-state index in [9.17, 15) is 14.7 Å². The van der Waals surface area contributed by atoms with Crippen LogP contribution in [0.1, 0.15) is 18.1 Å². The Morgan fingerprint density at radius 2 is 1.84 bits per heavy atom. The summed E-state index contributed by atoms with van der Waals surface area (Å²) in [6.45, 7) is 3.29. The maximum absolute atomic E-state index is 13.2. The van der Waals surface area contributed by atoms with E-state index in [0.717, 1.165) is 21.2 Å². The van der Waals surface area contributed by atoms with Crippen LogP contribution in [0, 0.1) is 6.92 Å². The van der Waals surface area contributed by atoms with Crippen LogP contribution in [0.25, 0.3) is 10.8 Å². The van der Waals surface area contributed by atoms with Crippen LogP contribution < -0.4 is 10.1 Å². The highest BCUT2D eigenvalue weighted by molar-refractivity contribution is 6.32. The van der Waals surface area contributed by atoms with E-state index >= 15 is 0 Å². The number of urea groups is 1. The first-order valence-corrected chi connectivity index (χ1v) is 10.4. The van der Waals surface area contributed by atoms with E-state index in [0.29, 0.717) is 16.3 Å². The van der Waals surface area contributed by atoms with Gasteiger partial charge in [0.1, 0.15) is 24.0 Å². The van der Waals surface area contributed by atoms with Crippen LogP contribution in [0.15, 0.2) is 60.7 Å². The van der Waals surface area contributed by atoms with Crippen molar-refractivity contribution in [2.24, 2.45) is 0 Å². The van der Waals surface area contributed by atoms with Crippen molar-refractivity contribution in [3.05, 3.63) is 76.8 Å². The number of hydrogen-bond donors (Lipinski definition) is 2. The van der Waals surface area contributed by atoms with Crippen LogP contribution in [0.2, 0.25) is 5.02 Å². The highest BCUT2D eigenvalue weighted by Gasteiger charge is 2.49. The Labute approximate surface area is 185 Å². The zero-order valence-electron chi connectivity index (χ0n) is 17.3. The Morgan fingerprint density at radius 3 is 2.61 bits per heavy atom. The molecule has 6 nitrogen and oxygen atoms in total. The summed E-state index contributed by atoms with van der Waals surface area (Å²) in [6.07, 6.45) is -1.06. The Kier molecular flexibility index (Phi) is 5.60. The number of hydrogen-bond acceptors (Lipinski definition) is 4. The fraction of sp³-hybridized carbons (Fsp3) is 0.250. The Hall–Kier alpha value is -3.09.